The number of hydrogen-bond acceptors (Lipinski definition) is 3. The van der Waals surface area contributed by atoms with Gasteiger partial charge in [0.25, 0.3) is 5.91 Å². The number of carbonyl (C=O) groups is 2. The largest absolute Gasteiger partial charge is 0.497 e. The van der Waals surface area contributed by atoms with Crippen molar-refractivity contribution < 1.29 is 14.3 Å². The minimum atomic E-state index is -1.02. The van der Waals surface area contributed by atoms with Gasteiger partial charge in [-0.1, -0.05) is 48.9 Å². The van der Waals surface area contributed by atoms with E-state index in [0.29, 0.717) is 12.2 Å². The van der Waals surface area contributed by atoms with E-state index < -0.39 is 5.54 Å². The molecule has 3 rings (SSSR count). The van der Waals surface area contributed by atoms with E-state index in [1.807, 2.05) is 50.2 Å². The molecule has 2 aromatic carbocycles. The fourth-order valence-electron chi connectivity index (χ4n) is 3.16. The molecule has 2 aromatic rings. The van der Waals surface area contributed by atoms with Crippen molar-refractivity contribution in [2.45, 2.75) is 32.4 Å². The number of nitrogens with zero attached hydrogens (tertiary/aromatic N) is 1. The molecule has 1 aliphatic rings. The minimum absolute atomic E-state index is 0.217. The number of hydrogen-bond donors (Lipinski definition) is 1. The number of rotatable bonds is 5. The zero-order valence-corrected chi connectivity index (χ0v) is 14.7. The van der Waals surface area contributed by atoms with Crippen molar-refractivity contribution in [1.29, 1.82) is 0 Å². The molecular weight excluding hydrogens is 316 g/mol. The highest BCUT2D eigenvalue weighted by Gasteiger charge is 2.51. The van der Waals surface area contributed by atoms with Crippen molar-refractivity contribution in [2.75, 3.05) is 7.11 Å². The lowest BCUT2D eigenvalue weighted by Crippen LogP contribution is -2.43. The van der Waals surface area contributed by atoms with Gasteiger partial charge in [0, 0.05) is 0 Å². The van der Waals surface area contributed by atoms with Crippen molar-refractivity contribution in [1.82, 2.24) is 10.2 Å². The molecule has 0 radical (unpaired) electrons. The summed E-state index contributed by atoms with van der Waals surface area (Å²) in [6.07, 6.45) is 0.480. The molecule has 1 saturated heterocycles. The molecule has 0 unspecified atom stereocenters. The van der Waals surface area contributed by atoms with Gasteiger partial charge in [-0.25, -0.2) is 4.79 Å². The molecule has 25 heavy (non-hydrogen) atoms. The van der Waals surface area contributed by atoms with E-state index in [1.165, 1.54) is 4.90 Å². The van der Waals surface area contributed by atoms with E-state index in [1.54, 1.807) is 19.2 Å². The van der Waals surface area contributed by atoms with Gasteiger partial charge in [0.15, 0.2) is 0 Å². The highest BCUT2D eigenvalue weighted by molar-refractivity contribution is 6.07. The molecule has 0 bridgehead atoms. The molecule has 1 aliphatic heterocycles. The number of benzene rings is 2. The van der Waals surface area contributed by atoms with Gasteiger partial charge in [-0.05, 0) is 36.6 Å². The van der Waals surface area contributed by atoms with E-state index in [4.69, 9.17) is 4.74 Å². The Bertz CT molecular complexity index is 784. The molecule has 0 aliphatic carbocycles. The second kappa shape index (κ2) is 6.59. The van der Waals surface area contributed by atoms with E-state index in [0.717, 1.165) is 16.7 Å². The summed E-state index contributed by atoms with van der Waals surface area (Å²) in [7, 11) is 1.59. The molecule has 5 nitrogen and oxygen atoms in total. The summed E-state index contributed by atoms with van der Waals surface area (Å²) < 4.78 is 5.17. The molecule has 5 heteroatoms. The first-order valence-electron chi connectivity index (χ1n) is 8.34. The van der Waals surface area contributed by atoms with Crippen LogP contribution in [-0.2, 0) is 16.9 Å². The lowest BCUT2D eigenvalue weighted by Gasteiger charge is -2.26. The number of carbonyl (C=O) groups excluding carboxylic acids is 2. The fourth-order valence-corrected chi connectivity index (χ4v) is 3.16. The lowest BCUT2D eigenvalue weighted by molar-refractivity contribution is -0.132. The maximum absolute atomic E-state index is 13.1. The molecule has 1 fully saturated rings. The van der Waals surface area contributed by atoms with E-state index in [2.05, 4.69) is 5.32 Å². The molecule has 1 N–H and O–H groups in total. The maximum atomic E-state index is 13.1. The summed E-state index contributed by atoms with van der Waals surface area (Å²) in [4.78, 5) is 26.9. The van der Waals surface area contributed by atoms with Crippen LogP contribution in [0.2, 0.25) is 0 Å². The summed E-state index contributed by atoms with van der Waals surface area (Å²) in [5, 5.41) is 2.90. The van der Waals surface area contributed by atoms with Gasteiger partial charge < -0.3 is 10.1 Å². The zero-order valence-electron chi connectivity index (χ0n) is 14.7. The highest BCUT2D eigenvalue weighted by atomic mass is 16.5. The van der Waals surface area contributed by atoms with Crippen LogP contribution >= 0.6 is 0 Å². The van der Waals surface area contributed by atoms with Gasteiger partial charge in [0.1, 0.15) is 11.3 Å². The van der Waals surface area contributed by atoms with E-state index in [-0.39, 0.29) is 18.5 Å². The van der Waals surface area contributed by atoms with Gasteiger partial charge >= 0.3 is 6.03 Å². The lowest BCUT2D eigenvalue weighted by atomic mass is 9.87. The minimum Gasteiger partial charge on any atom is -0.497 e. The molecular formula is C20H22N2O3. The van der Waals surface area contributed by atoms with Gasteiger partial charge in [0.05, 0.1) is 13.7 Å². The van der Waals surface area contributed by atoms with E-state index in [9.17, 15) is 9.59 Å². The Morgan fingerprint density at radius 2 is 1.68 bits per heavy atom. The second-order valence-corrected chi connectivity index (χ2v) is 6.29. The topological polar surface area (TPSA) is 58.6 Å². The van der Waals surface area contributed by atoms with Crippen LogP contribution in [0.15, 0.2) is 48.5 Å². The van der Waals surface area contributed by atoms with Crippen LogP contribution in [0.25, 0.3) is 0 Å². The Hall–Kier alpha value is -2.82. The number of aryl methyl sites for hydroxylation is 1. The van der Waals surface area contributed by atoms with Crippen molar-refractivity contribution in [3.8, 4) is 5.75 Å². The van der Waals surface area contributed by atoms with Gasteiger partial charge in [-0.2, -0.15) is 0 Å². The Morgan fingerprint density at radius 1 is 1.04 bits per heavy atom. The Labute approximate surface area is 147 Å². The number of amides is 3. The highest BCUT2D eigenvalue weighted by Crippen LogP contribution is 2.34. The number of methoxy groups -OCH3 is 1. The number of urea groups is 1. The normalized spacial score (nSPS) is 19.9. The molecule has 0 saturated carbocycles. The molecule has 1 heterocycles. The number of imide groups is 1. The summed E-state index contributed by atoms with van der Waals surface area (Å²) in [6, 6.07) is 14.7. The summed E-state index contributed by atoms with van der Waals surface area (Å²) in [5.74, 6) is 0.494. The van der Waals surface area contributed by atoms with Crippen LogP contribution in [0.3, 0.4) is 0 Å². The van der Waals surface area contributed by atoms with Crippen LogP contribution in [0.5, 0.6) is 5.75 Å². The van der Waals surface area contributed by atoms with Crippen molar-refractivity contribution in [2.24, 2.45) is 0 Å². The third kappa shape index (κ3) is 2.97. The summed E-state index contributed by atoms with van der Waals surface area (Å²) >= 11 is 0. The second-order valence-electron chi connectivity index (χ2n) is 6.29. The third-order valence-corrected chi connectivity index (χ3v) is 4.75. The predicted molar refractivity (Wildman–Crippen MR) is 95.2 cm³/mol. The molecule has 0 aromatic heterocycles. The van der Waals surface area contributed by atoms with Crippen molar-refractivity contribution >= 4 is 11.9 Å². The predicted octanol–water partition coefficient (Wildman–Crippen LogP) is 3.36. The van der Waals surface area contributed by atoms with Crippen LogP contribution < -0.4 is 10.1 Å². The number of ether oxygens (including phenoxy) is 1. The van der Waals surface area contributed by atoms with Crippen molar-refractivity contribution in [3.05, 3.63) is 65.2 Å². The number of nitrogens with one attached hydrogen (secondary N) is 1. The summed E-state index contributed by atoms with van der Waals surface area (Å²) in [5.41, 5.74) is 1.81. The third-order valence-electron chi connectivity index (χ3n) is 4.75. The maximum Gasteiger partial charge on any atom is 0.325 e. The van der Waals surface area contributed by atoms with Gasteiger partial charge in [-0.15, -0.1) is 0 Å². The average molecular weight is 338 g/mol. The molecule has 3 amide bonds. The first kappa shape index (κ1) is 17.0. The van der Waals surface area contributed by atoms with Crippen molar-refractivity contribution in [3.63, 3.8) is 0 Å². The first-order valence-corrected chi connectivity index (χ1v) is 8.34. The monoisotopic (exact) mass is 338 g/mol. The Balaban J connectivity index is 1.90. The van der Waals surface area contributed by atoms with Crippen LogP contribution in [0.4, 0.5) is 4.79 Å². The van der Waals surface area contributed by atoms with Gasteiger partial charge in [-0.3, -0.25) is 9.69 Å². The van der Waals surface area contributed by atoms with Gasteiger partial charge in [0.2, 0.25) is 0 Å². The quantitative estimate of drug-likeness (QED) is 0.851. The smallest absolute Gasteiger partial charge is 0.325 e. The summed E-state index contributed by atoms with van der Waals surface area (Å²) in [6.45, 7) is 4.17. The average Bonchev–Trinajstić information content (AvgIpc) is 2.88. The Kier molecular flexibility index (Phi) is 4.49. The Morgan fingerprint density at radius 3 is 2.24 bits per heavy atom. The fraction of sp³-hybridized carbons (Fsp3) is 0.300. The van der Waals surface area contributed by atoms with Crippen LogP contribution in [0.1, 0.15) is 30.0 Å². The molecule has 1 atom stereocenters. The van der Waals surface area contributed by atoms with Crippen LogP contribution in [0, 0.1) is 6.92 Å². The van der Waals surface area contributed by atoms with Crippen LogP contribution in [-0.4, -0.2) is 23.9 Å². The zero-order chi connectivity index (χ0) is 18.0. The standard InChI is InChI=1S/C20H22N2O3/c1-4-20(16-9-11-17(25-3)12-10-16)18(23)22(19(24)21-20)13-15-7-5-14(2)6-8-15/h5-12H,4,13H2,1-3H3,(H,21,24)/t20-/m1/s1. The van der Waals surface area contributed by atoms with E-state index >= 15 is 0 Å². The SMILES string of the molecule is CC[C@]1(c2ccc(OC)cc2)NC(=O)N(Cc2ccc(C)cc2)C1=O. The molecule has 0 spiro atoms. The first-order chi connectivity index (χ1) is 12.0. The molecule has 130 valence electrons.